The highest BCUT2D eigenvalue weighted by Crippen LogP contribution is 2.40. The molecule has 4 amide bonds. The van der Waals surface area contributed by atoms with Crippen LogP contribution in [0, 0.1) is 5.92 Å². The molecule has 60 heavy (non-hydrogen) atoms. The van der Waals surface area contributed by atoms with E-state index in [9.17, 15) is 29.1 Å². The van der Waals surface area contributed by atoms with Gasteiger partial charge in [0.25, 0.3) is 5.91 Å². The maximum atomic E-state index is 14.4. The van der Waals surface area contributed by atoms with E-state index in [0.717, 1.165) is 11.1 Å². The monoisotopic (exact) mass is 819 g/mol. The molecule has 316 valence electrons. The minimum atomic E-state index is -1.34. The number of carboxylic acids is 1. The number of fused-ring (bicyclic) bond motifs is 5. The zero-order valence-corrected chi connectivity index (χ0v) is 33.6. The molecule has 0 spiro atoms. The Kier molecular flexibility index (Phi) is 16.3. The summed E-state index contributed by atoms with van der Waals surface area (Å²) in [7, 11) is 0. The normalized spacial score (nSPS) is 15.9. The van der Waals surface area contributed by atoms with Crippen molar-refractivity contribution in [2.24, 2.45) is 23.1 Å². The molecule has 3 atom stereocenters. The summed E-state index contributed by atoms with van der Waals surface area (Å²) in [6.07, 6.45) is 4.33. The van der Waals surface area contributed by atoms with Gasteiger partial charge in [0.2, 0.25) is 17.7 Å². The number of ether oxygens (including phenoxy) is 2. The molecule has 0 aromatic heterocycles. The Balaban J connectivity index is 1.54. The van der Waals surface area contributed by atoms with E-state index in [2.05, 4.69) is 16.0 Å². The third-order valence-corrected chi connectivity index (χ3v) is 9.79. The summed E-state index contributed by atoms with van der Waals surface area (Å²) in [4.78, 5) is 69.0. The zero-order valence-electron chi connectivity index (χ0n) is 33.6. The van der Waals surface area contributed by atoms with E-state index in [1.54, 1.807) is 60.7 Å². The number of hydrogen-bond acceptors (Lipinski definition) is 10. The zero-order chi connectivity index (χ0) is 43.0. The van der Waals surface area contributed by atoms with Crippen LogP contribution in [0.15, 0.2) is 91.0 Å². The predicted octanol–water partition coefficient (Wildman–Crippen LogP) is 2.73. The number of amides is 4. The van der Waals surface area contributed by atoms with Crippen molar-refractivity contribution < 1.29 is 38.6 Å². The lowest BCUT2D eigenvalue weighted by Crippen LogP contribution is -2.51. The fourth-order valence-corrected chi connectivity index (χ4v) is 6.77. The van der Waals surface area contributed by atoms with Crippen LogP contribution in [0.2, 0.25) is 0 Å². The van der Waals surface area contributed by atoms with Crippen molar-refractivity contribution in [1.29, 1.82) is 0 Å². The molecule has 15 nitrogen and oxygen atoms in total. The van der Waals surface area contributed by atoms with Crippen LogP contribution in [-0.2, 0) is 25.6 Å². The number of nitrogens with zero attached hydrogens (tertiary/aromatic N) is 1. The van der Waals surface area contributed by atoms with Crippen LogP contribution in [0.1, 0.15) is 52.0 Å². The van der Waals surface area contributed by atoms with E-state index in [1.807, 2.05) is 49.4 Å². The number of carboxylic acid groups (broad SMARTS) is 1. The number of carbonyl (C=O) groups is 5. The van der Waals surface area contributed by atoms with Crippen LogP contribution in [-0.4, -0.2) is 98.1 Å². The Morgan fingerprint density at radius 3 is 2.12 bits per heavy atom. The number of carbonyl (C=O) groups excluding carboxylic acids is 4. The number of nitrogens with one attached hydrogen (secondary N) is 3. The van der Waals surface area contributed by atoms with Crippen LogP contribution in [0.25, 0.3) is 23.3 Å². The molecule has 5 rings (SSSR count). The average molecular weight is 820 g/mol. The van der Waals surface area contributed by atoms with Crippen molar-refractivity contribution in [2.45, 2.75) is 31.8 Å². The van der Waals surface area contributed by atoms with Crippen molar-refractivity contribution in [2.75, 3.05) is 52.5 Å². The number of aliphatic carboxylic acids is 1. The van der Waals surface area contributed by atoms with Gasteiger partial charge in [0.05, 0.1) is 13.1 Å². The summed E-state index contributed by atoms with van der Waals surface area (Å²) in [5.41, 5.74) is 21.6. The highest BCUT2D eigenvalue weighted by molar-refractivity contribution is 5.98. The van der Waals surface area contributed by atoms with Gasteiger partial charge in [-0.1, -0.05) is 73.7 Å². The SMILES string of the molecule is CC(CCN)CN(C(=O)CNC(=O)c1ccc(/C=C/c2ccccc2)cc1)[C@@H]1C(=O)NCC(=O)N[C@H](C(=O)O)Cc2ccc(OCCN)c(c2)-c2cc1ccc2OCCN. The van der Waals surface area contributed by atoms with E-state index < -0.39 is 54.8 Å². The highest BCUT2D eigenvalue weighted by Gasteiger charge is 2.34. The molecule has 4 aromatic rings. The third-order valence-electron chi connectivity index (χ3n) is 9.79. The molecular weight excluding hydrogens is 767 g/mol. The number of rotatable bonds is 17. The first kappa shape index (κ1) is 44.6. The lowest BCUT2D eigenvalue weighted by molar-refractivity contribution is -0.142. The van der Waals surface area contributed by atoms with Gasteiger partial charge in [0, 0.05) is 42.7 Å². The van der Waals surface area contributed by atoms with Gasteiger partial charge in [-0.15, -0.1) is 0 Å². The fraction of sp³-hybridized carbons (Fsp3) is 0.311. The van der Waals surface area contributed by atoms with Crippen molar-refractivity contribution in [1.82, 2.24) is 20.9 Å². The van der Waals surface area contributed by atoms with E-state index in [0.29, 0.717) is 52.3 Å². The first-order valence-electron chi connectivity index (χ1n) is 19.8. The smallest absolute Gasteiger partial charge is 0.326 e. The molecule has 15 heteroatoms. The van der Waals surface area contributed by atoms with E-state index in [4.69, 9.17) is 26.7 Å². The molecule has 0 radical (unpaired) electrons. The quantitative estimate of drug-likeness (QED) is 0.0765. The fourth-order valence-electron chi connectivity index (χ4n) is 6.77. The molecular formula is C45H53N7O8. The summed E-state index contributed by atoms with van der Waals surface area (Å²) < 4.78 is 12.1. The Hall–Kier alpha value is -6.55. The summed E-state index contributed by atoms with van der Waals surface area (Å²) in [6, 6.07) is 24.2. The van der Waals surface area contributed by atoms with Gasteiger partial charge >= 0.3 is 5.97 Å². The first-order valence-corrected chi connectivity index (χ1v) is 19.8. The lowest BCUT2D eigenvalue weighted by atomic mass is 9.93. The number of hydrogen-bond donors (Lipinski definition) is 7. The van der Waals surface area contributed by atoms with E-state index in [1.165, 1.54) is 4.90 Å². The number of nitrogens with two attached hydrogens (primary N) is 3. The first-order chi connectivity index (χ1) is 29.0. The van der Waals surface area contributed by atoms with Crippen LogP contribution < -0.4 is 42.6 Å². The second kappa shape index (κ2) is 22.0. The van der Waals surface area contributed by atoms with Crippen molar-refractivity contribution in [3.05, 3.63) is 119 Å². The molecule has 0 fully saturated rings. The Morgan fingerprint density at radius 1 is 0.850 bits per heavy atom. The summed E-state index contributed by atoms with van der Waals surface area (Å²) in [6.45, 7) is 1.94. The molecule has 1 aliphatic heterocycles. The topological polar surface area (TPSA) is 241 Å². The summed E-state index contributed by atoms with van der Waals surface area (Å²) in [5.74, 6) is -3.22. The summed E-state index contributed by atoms with van der Waals surface area (Å²) in [5, 5.41) is 17.9. The lowest BCUT2D eigenvalue weighted by Gasteiger charge is -2.34. The molecule has 1 heterocycles. The van der Waals surface area contributed by atoms with Gasteiger partial charge in [-0.25, -0.2) is 4.79 Å². The Morgan fingerprint density at radius 2 is 1.48 bits per heavy atom. The van der Waals surface area contributed by atoms with E-state index in [-0.39, 0.29) is 45.2 Å². The van der Waals surface area contributed by atoms with E-state index >= 15 is 0 Å². The minimum absolute atomic E-state index is 0.0564. The van der Waals surface area contributed by atoms with Gasteiger partial charge in [0.1, 0.15) is 36.8 Å². The second-order valence-corrected chi connectivity index (χ2v) is 14.4. The van der Waals surface area contributed by atoms with Gasteiger partial charge in [0.15, 0.2) is 0 Å². The van der Waals surface area contributed by atoms with Gasteiger partial charge in [-0.2, -0.15) is 0 Å². The van der Waals surface area contributed by atoms with Gasteiger partial charge < -0.3 is 52.6 Å². The van der Waals surface area contributed by atoms with Gasteiger partial charge in [-0.05, 0) is 77.5 Å². The molecule has 1 unspecified atom stereocenters. The molecule has 4 aromatic carbocycles. The second-order valence-electron chi connectivity index (χ2n) is 14.4. The predicted molar refractivity (Wildman–Crippen MR) is 229 cm³/mol. The molecule has 0 aliphatic carbocycles. The number of benzene rings is 4. The molecule has 0 saturated heterocycles. The van der Waals surface area contributed by atoms with Crippen molar-refractivity contribution >= 4 is 41.8 Å². The van der Waals surface area contributed by atoms with Crippen LogP contribution in [0.4, 0.5) is 0 Å². The van der Waals surface area contributed by atoms with Crippen LogP contribution >= 0.6 is 0 Å². The van der Waals surface area contributed by atoms with Crippen LogP contribution in [0.3, 0.4) is 0 Å². The standard InChI is InChI=1S/C45H53N7O8/c1-29(17-18-46)28-52(41(54)27-50-43(55)33-12-9-31(10-13-33)8-7-30-5-3-2-4-6-30)42-34-14-16-39(60-22-20-48)36(25-34)35-23-32(11-15-38(35)59-21-19-47)24-37(45(57)58)51-40(53)26-49-44(42)56/h2-16,23,25,29,37,42H,17-22,24,26-28,46-48H2,1H3,(H,49,56)(H,50,55)(H,51,53)(H,57,58)/b8-7+/t29?,37-,42-/m0/s1. The molecule has 10 N–H and O–H groups in total. The average Bonchev–Trinajstić information content (AvgIpc) is 3.25. The molecule has 1 aliphatic rings. The molecule has 0 saturated carbocycles. The summed E-state index contributed by atoms with van der Waals surface area (Å²) >= 11 is 0. The third kappa shape index (κ3) is 12.2. The minimum Gasteiger partial charge on any atom is -0.492 e. The Bertz CT molecular complexity index is 2150. The maximum absolute atomic E-state index is 14.4. The maximum Gasteiger partial charge on any atom is 0.326 e. The van der Waals surface area contributed by atoms with Gasteiger partial charge in [-0.3, -0.25) is 19.2 Å². The highest BCUT2D eigenvalue weighted by atomic mass is 16.5. The van der Waals surface area contributed by atoms with Crippen molar-refractivity contribution in [3.63, 3.8) is 0 Å². The van der Waals surface area contributed by atoms with Crippen LogP contribution in [0.5, 0.6) is 11.5 Å². The Labute approximate surface area is 349 Å². The largest absolute Gasteiger partial charge is 0.492 e. The molecule has 4 bridgehead atoms. The van der Waals surface area contributed by atoms with Crippen molar-refractivity contribution in [3.8, 4) is 22.6 Å².